The fourth-order valence-electron chi connectivity index (χ4n) is 3.67. The van der Waals surface area contributed by atoms with Crippen LogP contribution in [0.15, 0.2) is 61.2 Å². The van der Waals surface area contributed by atoms with Gasteiger partial charge in [0, 0.05) is 36.9 Å². The van der Waals surface area contributed by atoms with Crippen molar-refractivity contribution in [2.45, 2.75) is 25.3 Å². The van der Waals surface area contributed by atoms with Gasteiger partial charge in [-0.05, 0) is 55.2 Å². The maximum Gasteiger partial charge on any atom is 0.254 e. The number of aromatic nitrogens is 3. The second-order valence-corrected chi connectivity index (χ2v) is 6.63. The summed E-state index contributed by atoms with van der Waals surface area (Å²) >= 11 is 0. The predicted molar refractivity (Wildman–Crippen MR) is 102 cm³/mol. The van der Waals surface area contributed by atoms with Gasteiger partial charge >= 0.3 is 0 Å². The van der Waals surface area contributed by atoms with Crippen molar-refractivity contribution in [3.8, 4) is 11.4 Å². The molecule has 1 aliphatic rings. The van der Waals surface area contributed by atoms with E-state index in [9.17, 15) is 4.79 Å². The fourth-order valence-corrected chi connectivity index (χ4v) is 3.67. The third kappa shape index (κ3) is 3.43. The van der Waals surface area contributed by atoms with Gasteiger partial charge in [-0.25, -0.2) is 4.68 Å². The molecular formula is C21H22N4O2. The Morgan fingerprint density at radius 3 is 2.85 bits per heavy atom. The molecule has 0 unspecified atom stereocenters. The maximum absolute atomic E-state index is 13.3. The zero-order valence-electron chi connectivity index (χ0n) is 15.3. The number of pyridine rings is 1. The lowest BCUT2D eigenvalue weighted by molar-refractivity contribution is 0.0611. The first kappa shape index (κ1) is 17.3. The number of nitrogens with zero attached hydrogens (tertiary/aromatic N) is 4. The van der Waals surface area contributed by atoms with Crippen molar-refractivity contribution < 1.29 is 9.53 Å². The maximum atomic E-state index is 13.3. The molecular weight excluding hydrogens is 340 g/mol. The Labute approximate surface area is 158 Å². The number of rotatable bonds is 4. The van der Waals surface area contributed by atoms with Crippen LogP contribution < -0.4 is 4.74 Å². The molecule has 1 aliphatic heterocycles. The van der Waals surface area contributed by atoms with Crippen molar-refractivity contribution in [3.05, 3.63) is 72.3 Å². The molecule has 1 amide bonds. The van der Waals surface area contributed by atoms with E-state index in [2.05, 4.69) is 10.1 Å². The number of methoxy groups -OCH3 is 1. The van der Waals surface area contributed by atoms with Crippen LogP contribution in [0.1, 0.15) is 41.2 Å². The number of carbonyl (C=O) groups is 1. The van der Waals surface area contributed by atoms with E-state index in [1.165, 1.54) is 0 Å². The van der Waals surface area contributed by atoms with E-state index in [0.717, 1.165) is 37.1 Å². The van der Waals surface area contributed by atoms with Crippen LogP contribution in [-0.2, 0) is 0 Å². The van der Waals surface area contributed by atoms with Gasteiger partial charge in [0.05, 0.1) is 13.2 Å². The topological polar surface area (TPSA) is 60.2 Å². The lowest BCUT2D eigenvalue weighted by Crippen LogP contribution is -2.38. The van der Waals surface area contributed by atoms with E-state index in [4.69, 9.17) is 4.74 Å². The summed E-state index contributed by atoms with van der Waals surface area (Å²) in [5, 5.41) is 4.27. The zero-order chi connectivity index (χ0) is 18.6. The summed E-state index contributed by atoms with van der Waals surface area (Å²) < 4.78 is 7.16. The van der Waals surface area contributed by atoms with Gasteiger partial charge in [0.15, 0.2) is 0 Å². The van der Waals surface area contributed by atoms with Gasteiger partial charge < -0.3 is 9.64 Å². The molecule has 0 radical (unpaired) electrons. The lowest BCUT2D eigenvalue weighted by Gasteiger charge is -2.36. The third-order valence-electron chi connectivity index (χ3n) is 5.01. The normalized spacial score (nSPS) is 16.9. The Morgan fingerprint density at radius 1 is 1.19 bits per heavy atom. The van der Waals surface area contributed by atoms with Crippen LogP contribution >= 0.6 is 0 Å². The van der Waals surface area contributed by atoms with Crippen LogP contribution in [0.3, 0.4) is 0 Å². The van der Waals surface area contributed by atoms with Crippen molar-refractivity contribution >= 4 is 5.91 Å². The Kier molecular flexibility index (Phi) is 4.87. The third-order valence-corrected chi connectivity index (χ3v) is 5.01. The van der Waals surface area contributed by atoms with Crippen LogP contribution in [0.2, 0.25) is 0 Å². The van der Waals surface area contributed by atoms with E-state index in [1.807, 2.05) is 53.7 Å². The number of ether oxygens (including phenoxy) is 1. The van der Waals surface area contributed by atoms with Crippen molar-refractivity contribution in [1.82, 2.24) is 19.7 Å². The lowest BCUT2D eigenvalue weighted by atomic mass is 9.95. The summed E-state index contributed by atoms with van der Waals surface area (Å²) in [6.45, 7) is 0.752. The SMILES string of the molecule is COc1ccc(C(=O)N2CCCC[C@H]2c2cccnc2)cc1-n1cccn1. The molecule has 3 aromatic rings. The molecule has 1 atom stereocenters. The largest absolute Gasteiger partial charge is 0.494 e. The molecule has 2 aromatic heterocycles. The molecule has 4 rings (SSSR count). The van der Waals surface area contributed by atoms with Gasteiger partial charge in [-0.3, -0.25) is 9.78 Å². The number of hydrogen-bond donors (Lipinski definition) is 0. The highest BCUT2D eigenvalue weighted by Gasteiger charge is 2.29. The summed E-state index contributed by atoms with van der Waals surface area (Å²) in [4.78, 5) is 19.5. The average molecular weight is 362 g/mol. The standard InChI is InChI=1S/C21H22N4O2/c1-27-20-9-8-16(14-19(20)25-13-5-11-23-25)21(26)24-12-3-2-7-18(24)17-6-4-10-22-15-17/h4-6,8-11,13-15,18H,2-3,7,12H2,1H3/t18-/m0/s1. The molecule has 0 N–H and O–H groups in total. The number of likely N-dealkylation sites (tertiary alicyclic amines) is 1. The molecule has 0 saturated carbocycles. The second kappa shape index (κ2) is 7.61. The number of hydrogen-bond acceptors (Lipinski definition) is 4. The van der Waals surface area contributed by atoms with E-state index in [-0.39, 0.29) is 11.9 Å². The van der Waals surface area contributed by atoms with Gasteiger partial charge in [0.25, 0.3) is 5.91 Å². The van der Waals surface area contributed by atoms with Crippen molar-refractivity contribution in [2.75, 3.05) is 13.7 Å². The summed E-state index contributed by atoms with van der Waals surface area (Å²) in [6.07, 6.45) is 10.3. The quantitative estimate of drug-likeness (QED) is 0.711. The molecule has 6 nitrogen and oxygen atoms in total. The average Bonchev–Trinajstić information content (AvgIpc) is 3.28. The van der Waals surface area contributed by atoms with E-state index in [0.29, 0.717) is 11.3 Å². The first-order chi connectivity index (χ1) is 13.3. The molecule has 0 aliphatic carbocycles. The van der Waals surface area contributed by atoms with E-state index < -0.39 is 0 Å². The molecule has 27 heavy (non-hydrogen) atoms. The Morgan fingerprint density at radius 2 is 2.11 bits per heavy atom. The van der Waals surface area contributed by atoms with Gasteiger partial charge in [0.1, 0.15) is 11.4 Å². The minimum atomic E-state index is 0.0274. The van der Waals surface area contributed by atoms with Crippen LogP contribution in [0, 0.1) is 0 Å². The first-order valence-electron chi connectivity index (χ1n) is 9.17. The fraction of sp³-hybridized carbons (Fsp3) is 0.286. The van der Waals surface area contributed by atoms with Crippen LogP contribution in [-0.4, -0.2) is 39.2 Å². The van der Waals surface area contributed by atoms with Crippen LogP contribution in [0.5, 0.6) is 5.75 Å². The van der Waals surface area contributed by atoms with E-state index >= 15 is 0 Å². The monoisotopic (exact) mass is 362 g/mol. The van der Waals surface area contributed by atoms with Gasteiger partial charge in [-0.15, -0.1) is 0 Å². The Hall–Kier alpha value is -3.15. The molecule has 138 valence electrons. The molecule has 1 aromatic carbocycles. The van der Waals surface area contributed by atoms with Crippen LogP contribution in [0.4, 0.5) is 0 Å². The van der Waals surface area contributed by atoms with Gasteiger partial charge in [-0.2, -0.15) is 5.10 Å². The van der Waals surface area contributed by atoms with Gasteiger partial charge in [0.2, 0.25) is 0 Å². The summed E-state index contributed by atoms with van der Waals surface area (Å²) in [5.74, 6) is 0.706. The van der Waals surface area contributed by atoms with Crippen LogP contribution in [0.25, 0.3) is 5.69 Å². The van der Waals surface area contributed by atoms with Crippen molar-refractivity contribution in [1.29, 1.82) is 0 Å². The molecule has 6 heteroatoms. The Bertz CT molecular complexity index is 909. The van der Waals surface area contributed by atoms with E-state index in [1.54, 1.807) is 24.2 Å². The minimum Gasteiger partial charge on any atom is -0.494 e. The molecule has 0 spiro atoms. The number of carbonyl (C=O) groups excluding carboxylic acids is 1. The summed E-state index contributed by atoms with van der Waals surface area (Å²) in [7, 11) is 1.62. The molecule has 1 saturated heterocycles. The van der Waals surface area contributed by atoms with Crippen molar-refractivity contribution in [3.63, 3.8) is 0 Å². The molecule has 1 fully saturated rings. The molecule has 3 heterocycles. The van der Waals surface area contributed by atoms with Gasteiger partial charge in [-0.1, -0.05) is 6.07 Å². The number of amides is 1. The second-order valence-electron chi connectivity index (χ2n) is 6.63. The highest BCUT2D eigenvalue weighted by molar-refractivity contribution is 5.95. The zero-order valence-corrected chi connectivity index (χ0v) is 15.3. The highest BCUT2D eigenvalue weighted by atomic mass is 16.5. The summed E-state index contributed by atoms with van der Waals surface area (Å²) in [6, 6.07) is 11.4. The minimum absolute atomic E-state index is 0.0274. The smallest absolute Gasteiger partial charge is 0.254 e. The number of piperidine rings is 1. The number of benzene rings is 1. The first-order valence-corrected chi connectivity index (χ1v) is 9.17. The highest BCUT2D eigenvalue weighted by Crippen LogP contribution is 2.32. The predicted octanol–water partition coefficient (Wildman–Crippen LogP) is 3.64. The Balaban J connectivity index is 1.68. The molecule has 0 bridgehead atoms. The summed E-state index contributed by atoms with van der Waals surface area (Å²) in [5.41, 5.74) is 2.48. The van der Waals surface area contributed by atoms with Crippen molar-refractivity contribution in [2.24, 2.45) is 0 Å².